The number of amides is 1. The van der Waals surface area contributed by atoms with Crippen molar-refractivity contribution in [1.29, 1.82) is 0 Å². The molecule has 0 bridgehead atoms. The molecule has 0 spiro atoms. The van der Waals surface area contributed by atoms with E-state index in [0.29, 0.717) is 12.5 Å². The number of aromatic nitrogens is 2. The Kier molecular flexibility index (Phi) is 6.82. The van der Waals surface area contributed by atoms with Crippen LogP contribution in [-0.4, -0.2) is 46.3 Å². The summed E-state index contributed by atoms with van der Waals surface area (Å²) in [5.74, 6) is 0.202. The zero-order valence-corrected chi connectivity index (χ0v) is 14.8. The first kappa shape index (κ1) is 18.5. The number of para-hydroxylation sites is 1. The number of carbonyl (C=O) groups excluding carboxylic acids is 1. The summed E-state index contributed by atoms with van der Waals surface area (Å²) in [4.78, 5) is 14.7. The average molecular weight is 349 g/mol. The van der Waals surface area contributed by atoms with Crippen LogP contribution in [0.4, 0.5) is 0 Å². The fourth-order valence-electron chi connectivity index (χ4n) is 3.11. The normalized spacial score (nSPS) is 16.6. The van der Waals surface area contributed by atoms with Gasteiger partial charge in [-0.15, -0.1) is 12.4 Å². The van der Waals surface area contributed by atoms with Crippen molar-refractivity contribution in [2.75, 3.05) is 19.6 Å². The molecule has 1 unspecified atom stereocenters. The number of rotatable bonds is 6. The van der Waals surface area contributed by atoms with Gasteiger partial charge in [-0.1, -0.05) is 25.1 Å². The van der Waals surface area contributed by atoms with Gasteiger partial charge >= 0.3 is 0 Å². The number of carbonyl (C=O) groups is 1. The SMILES string of the molecule is CCCN(C(=O)Cc1cnn(-c2ccccc2)c1)C1CCNC1.Cl. The molecule has 5 nitrogen and oxygen atoms in total. The van der Waals surface area contributed by atoms with Crippen LogP contribution >= 0.6 is 12.4 Å². The standard InChI is InChI=1S/C18H24N4O.ClH/c1-2-10-21(17-8-9-19-13-17)18(23)11-15-12-20-22(14-15)16-6-4-3-5-7-16;/h3-7,12,14,17,19H,2,8-11,13H2,1H3;1H. The van der Waals surface area contributed by atoms with E-state index >= 15 is 0 Å². The average Bonchev–Trinajstić information content (AvgIpc) is 3.25. The van der Waals surface area contributed by atoms with Crippen molar-refractivity contribution < 1.29 is 4.79 Å². The monoisotopic (exact) mass is 348 g/mol. The maximum absolute atomic E-state index is 12.7. The molecule has 2 aromatic rings. The molecule has 0 radical (unpaired) electrons. The molecule has 0 aliphatic carbocycles. The molecule has 3 rings (SSSR count). The third-order valence-corrected chi connectivity index (χ3v) is 4.27. The Morgan fingerprint density at radius 2 is 2.17 bits per heavy atom. The lowest BCUT2D eigenvalue weighted by Gasteiger charge is -2.28. The van der Waals surface area contributed by atoms with Crippen molar-refractivity contribution in [3.63, 3.8) is 0 Å². The van der Waals surface area contributed by atoms with Gasteiger partial charge in [-0.25, -0.2) is 4.68 Å². The number of nitrogens with zero attached hydrogens (tertiary/aromatic N) is 3. The molecule has 24 heavy (non-hydrogen) atoms. The fraction of sp³-hybridized carbons (Fsp3) is 0.444. The van der Waals surface area contributed by atoms with Gasteiger partial charge in [0, 0.05) is 25.3 Å². The highest BCUT2D eigenvalue weighted by atomic mass is 35.5. The van der Waals surface area contributed by atoms with Crippen LogP contribution in [0.15, 0.2) is 42.7 Å². The fourth-order valence-corrected chi connectivity index (χ4v) is 3.11. The highest BCUT2D eigenvalue weighted by molar-refractivity contribution is 5.85. The van der Waals surface area contributed by atoms with Gasteiger partial charge < -0.3 is 10.2 Å². The van der Waals surface area contributed by atoms with E-state index in [1.54, 1.807) is 6.20 Å². The predicted molar refractivity (Wildman–Crippen MR) is 97.8 cm³/mol. The lowest BCUT2D eigenvalue weighted by Crippen LogP contribution is -2.42. The topological polar surface area (TPSA) is 50.2 Å². The first-order valence-electron chi connectivity index (χ1n) is 8.37. The Morgan fingerprint density at radius 1 is 1.38 bits per heavy atom. The first-order chi connectivity index (χ1) is 11.3. The first-order valence-corrected chi connectivity index (χ1v) is 8.37. The molecule has 1 aliphatic rings. The summed E-state index contributed by atoms with van der Waals surface area (Å²) >= 11 is 0. The van der Waals surface area contributed by atoms with Gasteiger partial charge in [0.1, 0.15) is 0 Å². The largest absolute Gasteiger partial charge is 0.338 e. The maximum Gasteiger partial charge on any atom is 0.227 e. The third-order valence-electron chi connectivity index (χ3n) is 4.27. The highest BCUT2D eigenvalue weighted by Crippen LogP contribution is 2.13. The molecule has 1 fully saturated rings. The molecule has 0 saturated carbocycles. The van der Waals surface area contributed by atoms with E-state index in [-0.39, 0.29) is 18.3 Å². The van der Waals surface area contributed by atoms with E-state index in [2.05, 4.69) is 17.3 Å². The molecule has 1 aromatic heterocycles. The number of hydrogen-bond acceptors (Lipinski definition) is 3. The van der Waals surface area contributed by atoms with Gasteiger partial charge in [0.15, 0.2) is 0 Å². The highest BCUT2D eigenvalue weighted by Gasteiger charge is 2.25. The zero-order chi connectivity index (χ0) is 16.1. The van der Waals surface area contributed by atoms with Crippen molar-refractivity contribution >= 4 is 18.3 Å². The molecular formula is C18H25ClN4O. The molecule has 1 amide bonds. The van der Waals surface area contributed by atoms with E-state index in [1.807, 2.05) is 46.1 Å². The minimum Gasteiger partial charge on any atom is -0.338 e. The van der Waals surface area contributed by atoms with Gasteiger partial charge in [0.2, 0.25) is 5.91 Å². The van der Waals surface area contributed by atoms with Crippen LogP contribution in [-0.2, 0) is 11.2 Å². The smallest absolute Gasteiger partial charge is 0.227 e. The lowest BCUT2D eigenvalue weighted by atomic mass is 10.1. The van der Waals surface area contributed by atoms with Gasteiger partial charge in [-0.05, 0) is 37.1 Å². The Morgan fingerprint density at radius 3 is 2.83 bits per heavy atom. The van der Waals surface area contributed by atoms with Crippen LogP contribution in [0.1, 0.15) is 25.3 Å². The van der Waals surface area contributed by atoms with Crippen LogP contribution in [0.25, 0.3) is 5.69 Å². The van der Waals surface area contributed by atoms with Gasteiger partial charge in [0.05, 0.1) is 18.3 Å². The lowest BCUT2D eigenvalue weighted by molar-refractivity contribution is -0.132. The number of benzene rings is 1. The van der Waals surface area contributed by atoms with E-state index in [4.69, 9.17) is 0 Å². The summed E-state index contributed by atoms with van der Waals surface area (Å²) in [7, 11) is 0. The Balaban J connectivity index is 0.00000208. The molecule has 130 valence electrons. The zero-order valence-electron chi connectivity index (χ0n) is 14.0. The molecule has 6 heteroatoms. The van der Waals surface area contributed by atoms with E-state index in [0.717, 1.165) is 43.7 Å². The van der Waals surface area contributed by atoms with Crippen molar-refractivity contribution in [1.82, 2.24) is 20.0 Å². The van der Waals surface area contributed by atoms with Crippen LogP contribution in [0.2, 0.25) is 0 Å². The van der Waals surface area contributed by atoms with E-state index < -0.39 is 0 Å². The third kappa shape index (κ3) is 4.36. The van der Waals surface area contributed by atoms with E-state index in [1.165, 1.54) is 0 Å². The summed E-state index contributed by atoms with van der Waals surface area (Å²) < 4.78 is 1.82. The van der Waals surface area contributed by atoms with E-state index in [9.17, 15) is 4.79 Å². The second kappa shape index (κ2) is 8.85. The number of halogens is 1. The summed E-state index contributed by atoms with van der Waals surface area (Å²) in [6.45, 7) is 4.87. The number of nitrogens with one attached hydrogen (secondary N) is 1. The van der Waals surface area contributed by atoms with Gasteiger partial charge in [-0.3, -0.25) is 4.79 Å². The molecular weight excluding hydrogens is 324 g/mol. The molecule has 1 atom stereocenters. The molecule has 1 aromatic carbocycles. The van der Waals surface area contributed by atoms with Crippen LogP contribution < -0.4 is 5.32 Å². The Hall–Kier alpha value is -1.85. The molecule has 1 N–H and O–H groups in total. The van der Waals surface area contributed by atoms with Crippen molar-refractivity contribution in [3.05, 3.63) is 48.3 Å². The maximum atomic E-state index is 12.7. The summed E-state index contributed by atoms with van der Waals surface area (Å²) in [6, 6.07) is 10.3. The van der Waals surface area contributed by atoms with Gasteiger partial charge in [0.25, 0.3) is 0 Å². The van der Waals surface area contributed by atoms with Crippen LogP contribution in [0, 0.1) is 0 Å². The predicted octanol–water partition coefficient (Wildman–Crippen LogP) is 2.44. The summed E-state index contributed by atoms with van der Waals surface area (Å²) in [5.41, 5.74) is 1.97. The summed E-state index contributed by atoms with van der Waals surface area (Å²) in [5, 5.41) is 7.72. The van der Waals surface area contributed by atoms with Gasteiger partial charge in [-0.2, -0.15) is 5.10 Å². The molecule has 1 saturated heterocycles. The molecule has 2 heterocycles. The van der Waals surface area contributed by atoms with Crippen molar-refractivity contribution in [2.45, 2.75) is 32.2 Å². The Labute approximate surface area is 149 Å². The second-order valence-corrected chi connectivity index (χ2v) is 6.04. The summed E-state index contributed by atoms with van der Waals surface area (Å²) in [6.07, 6.45) is 6.20. The quantitative estimate of drug-likeness (QED) is 0.872. The minimum absolute atomic E-state index is 0. The van der Waals surface area contributed by atoms with Crippen LogP contribution in [0.3, 0.4) is 0 Å². The number of hydrogen-bond donors (Lipinski definition) is 1. The van der Waals surface area contributed by atoms with Crippen molar-refractivity contribution in [3.8, 4) is 5.69 Å². The molecule has 1 aliphatic heterocycles. The minimum atomic E-state index is 0. The van der Waals surface area contributed by atoms with Crippen molar-refractivity contribution in [2.24, 2.45) is 0 Å². The Bertz CT molecular complexity index is 637. The second-order valence-electron chi connectivity index (χ2n) is 6.04. The van der Waals surface area contributed by atoms with Crippen LogP contribution in [0.5, 0.6) is 0 Å².